The van der Waals surface area contributed by atoms with E-state index in [4.69, 9.17) is 0 Å². The second-order valence-corrected chi connectivity index (χ2v) is 20.0. The predicted octanol–water partition coefficient (Wildman–Crippen LogP) is 18.3. The fourth-order valence-corrected chi connectivity index (χ4v) is 12.0. The van der Waals surface area contributed by atoms with E-state index in [0.29, 0.717) is 0 Å². The average Bonchev–Trinajstić information content (AvgIpc) is 4.15. The molecule has 15 aromatic rings. The third-order valence-corrected chi connectivity index (χ3v) is 15.9. The summed E-state index contributed by atoms with van der Waals surface area (Å²) in [6.07, 6.45) is 0. The van der Waals surface area contributed by atoms with Crippen molar-refractivity contribution in [2.75, 3.05) is 0 Å². The summed E-state index contributed by atoms with van der Waals surface area (Å²) in [4.78, 5) is 0. The standard InChI is InChI=1S/C38H28N2.C32H24N2/c1-39-35-11-7-6-10-31(35)32-23-29(17-20-36(32)39)30-18-21-38-34(24-30)33-22-28(16-19-37(33)40(38)2)27-14-12-26(13-15-27)25-8-4-3-5-9-25;1-33-29-11-7-6-10-25(29)26-19-23(13-16-30(26)33)24-14-17-32-28(20-24)27-18-22(12-15-31(27)34(32)2)21-8-4-3-5-9-21/h3-24H,1-2H3;3-20H,1-2H3. The molecular formula is C70H52N4. The van der Waals surface area contributed by atoms with E-state index in [0.717, 1.165) is 0 Å². The Hall–Kier alpha value is -9.38. The first-order chi connectivity index (χ1) is 36.3. The van der Waals surface area contributed by atoms with Gasteiger partial charge in [-0.15, -0.1) is 0 Å². The minimum absolute atomic E-state index is 1.23. The van der Waals surface area contributed by atoms with Crippen molar-refractivity contribution in [2.45, 2.75) is 0 Å². The van der Waals surface area contributed by atoms with Crippen LogP contribution in [0.25, 0.3) is 143 Å². The van der Waals surface area contributed by atoms with Crippen molar-refractivity contribution >= 4 is 87.2 Å². The molecule has 0 aliphatic rings. The molecule has 352 valence electrons. The average molecular weight is 949 g/mol. The third-order valence-electron chi connectivity index (χ3n) is 15.9. The molecule has 0 spiro atoms. The van der Waals surface area contributed by atoms with Gasteiger partial charge in [0, 0.05) is 115 Å². The minimum Gasteiger partial charge on any atom is -0.344 e. The van der Waals surface area contributed by atoms with Crippen LogP contribution in [0.3, 0.4) is 0 Å². The maximum atomic E-state index is 2.37. The van der Waals surface area contributed by atoms with Gasteiger partial charge < -0.3 is 18.3 Å². The monoisotopic (exact) mass is 948 g/mol. The lowest BCUT2D eigenvalue weighted by Crippen LogP contribution is -1.87. The van der Waals surface area contributed by atoms with Gasteiger partial charge in [-0.3, -0.25) is 0 Å². The van der Waals surface area contributed by atoms with Crippen LogP contribution in [-0.4, -0.2) is 18.3 Å². The maximum absolute atomic E-state index is 2.37. The minimum atomic E-state index is 1.23. The maximum Gasteiger partial charge on any atom is 0.0489 e. The predicted molar refractivity (Wildman–Crippen MR) is 316 cm³/mol. The van der Waals surface area contributed by atoms with Crippen LogP contribution in [0.1, 0.15) is 0 Å². The zero-order chi connectivity index (χ0) is 49.6. The van der Waals surface area contributed by atoms with E-state index in [9.17, 15) is 0 Å². The summed E-state index contributed by atoms with van der Waals surface area (Å²) < 4.78 is 9.19. The first-order valence-electron chi connectivity index (χ1n) is 25.6. The molecule has 4 heteroatoms. The first-order valence-corrected chi connectivity index (χ1v) is 25.6. The van der Waals surface area contributed by atoms with E-state index >= 15 is 0 Å². The molecule has 0 atom stereocenters. The molecule has 4 heterocycles. The summed E-state index contributed by atoms with van der Waals surface area (Å²) in [6.45, 7) is 0. The van der Waals surface area contributed by atoms with Gasteiger partial charge in [-0.1, -0.05) is 158 Å². The lowest BCUT2D eigenvalue weighted by atomic mass is 9.98. The normalized spacial score (nSPS) is 11.8. The van der Waals surface area contributed by atoms with Crippen molar-refractivity contribution in [1.29, 1.82) is 0 Å². The van der Waals surface area contributed by atoms with Crippen LogP contribution < -0.4 is 0 Å². The third kappa shape index (κ3) is 6.98. The molecule has 0 amide bonds. The molecule has 74 heavy (non-hydrogen) atoms. The number of aryl methyl sites for hydroxylation is 4. The summed E-state index contributed by atoms with van der Waals surface area (Å²) in [7, 11) is 8.63. The highest BCUT2D eigenvalue weighted by Crippen LogP contribution is 2.39. The van der Waals surface area contributed by atoms with Gasteiger partial charge in [0.25, 0.3) is 0 Å². The van der Waals surface area contributed by atoms with Crippen LogP contribution in [-0.2, 0) is 28.2 Å². The van der Waals surface area contributed by atoms with Gasteiger partial charge >= 0.3 is 0 Å². The summed E-state index contributed by atoms with van der Waals surface area (Å²) >= 11 is 0. The Balaban J connectivity index is 0.000000138. The molecule has 0 unspecified atom stereocenters. The number of hydrogen-bond donors (Lipinski definition) is 0. The number of hydrogen-bond acceptors (Lipinski definition) is 0. The molecule has 4 aromatic heterocycles. The number of aromatic nitrogens is 4. The van der Waals surface area contributed by atoms with Crippen molar-refractivity contribution in [3.8, 4) is 55.6 Å². The Bertz CT molecular complexity index is 4680. The SMILES string of the molecule is Cn1c2ccccc2c2cc(-c3ccc4c(c3)c3cc(-c5ccc(-c6ccccc6)cc5)ccc3n4C)ccc21.Cn1c2ccccc2c2cc(-c3ccc4c(c3)c3cc(-c5ccccc5)ccc3n4C)ccc21. The fraction of sp³-hybridized carbons (Fsp3) is 0.0571. The van der Waals surface area contributed by atoms with Crippen molar-refractivity contribution < 1.29 is 0 Å². The van der Waals surface area contributed by atoms with Gasteiger partial charge in [0.1, 0.15) is 0 Å². The Morgan fingerprint density at radius 1 is 0.162 bits per heavy atom. The molecule has 4 nitrogen and oxygen atoms in total. The van der Waals surface area contributed by atoms with Crippen LogP contribution in [0.4, 0.5) is 0 Å². The molecular weight excluding hydrogens is 897 g/mol. The smallest absolute Gasteiger partial charge is 0.0489 e. The fourth-order valence-electron chi connectivity index (χ4n) is 12.0. The van der Waals surface area contributed by atoms with E-state index in [1.807, 2.05) is 0 Å². The lowest BCUT2D eigenvalue weighted by molar-refractivity contribution is 1.01. The Labute approximate surface area is 429 Å². The van der Waals surface area contributed by atoms with Crippen LogP contribution in [0.15, 0.2) is 243 Å². The number of rotatable bonds is 5. The molecule has 0 aliphatic heterocycles. The molecule has 0 aliphatic carbocycles. The Morgan fingerprint density at radius 3 is 0.662 bits per heavy atom. The molecule has 0 N–H and O–H groups in total. The molecule has 11 aromatic carbocycles. The van der Waals surface area contributed by atoms with Gasteiger partial charge in [0.05, 0.1) is 0 Å². The summed E-state index contributed by atoms with van der Waals surface area (Å²) in [5, 5.41) is 10.4. The first kappa shape index (κ1) is 43.4. The summed E-state index contributed by atoms with van der Waals surface area (Å²) in [6, 6.07) is 88.6. The summed E-state index contributed by atoms with van der Waals surface area (Å²) in [5.74, 6) is 0. The van der Waals surface area contributed by atoms with Crippen molar-refractivity contribution in [3.05, 3.63) is 243 Å². The topological polar surface area (TPSA) is 19.7 Å². The second-order valence-electron chi connectivity index (χ2n) is 20.0. The Morgan fingerprint density at radius 2 is 0.351 bits per heavy atom. The summed E-state index contributed by atoms with van der Waals surface area (Å²) in [5.41, 5.74) is 22.5. The van der Waals surface area contributed by atoms with Gasteiger partial charge in [0.2, 0.25) is 0 Å². The van der Waals surface area contributed by atoms with Crippen LogP contribution >= 0.6 is 0 Å². The number of fused-ring (bicyclic) bond motifs is 12. The van der Waals surface area contributed by atoms with Crippen molar-refractivity contribution in [2.24, 2.45) is 28.2 Å². The van der Waals surface area contributed by atoms with Gasteiger partial charge in [-0.25, -0.2) is 0 Å². The number of benzene rings is 11. The molecule has 15 rings (SSSR count). The van der Waals surface area contributed by atoms with Crippen LogP contribution in [0.2, 0.25) is 0 Å². The van der Waals surface area contributed by atoms with E-state index in [2.05, 4.69) is 289 Å². The molecule has 0 fully saturated rings. The quantitative estimate of drug-likeness (QED) is 0.164. The van der Waals surface area contributed by atoms with Gasteiger partial charge in [0.15, 0.2) is 0 Å². The molecule has 0 radical (unpaired) electrons. The number of nitrogens with zero attached hydrogens (tertiary/aromatic N) is 4. The van der Waals surface area contributed by atoms with Crippen LogP contribution in [0, 0.1) is 0 Å². The zero-order valence-corrected chi connectivity index (χ0v) is 41.9. The molecule has 0 saturated heterocycles. The Kier molecular flexibility index (Phi) is 10.1. The molecule has 0 saturated carbocycles. The van der Waals surface area contributed by atoms with E-state index in [1.165, 1.54) is 143 Å². The van der Waals surface area contributed by atoms with E-state index in [-0.39, 0.29) is 0 Å². The largest absolute Gasteiger partial charge is 0.344 e. The highest BCUT2D eigenvalue weighted by molar-refractivity contribution is 6.14. The number of para-hydroxylation sites is 2. The highest BCUT2D eigenvalue weighted by atomic mass is 15.0. The lowest BCUT2D eigenvalue weighted by Gasteiger charge is -2.06. The van der Waals surface area contributed by atoms with E-state index in [1.54, 1.807) is 0 Å². The van der Waals surface area contributed by atoms with Crippen molar-refractivity contribution in [1.82, 2.24) is 18.3 Å². The van der Waals surface area contributed by atoms with Gasteiger partial charge in [-0.05, 0) is 141 Å². The zero-order valence-electron chi connectivity index (χ0n) is 41.9. The van der Waals surface area contributed by atoms with Crippen molar-refractivity contribution in [3.63, 3.8) is 0 Å². The van der Waals surface area contributed by atoms with Crippen LogP contribution in [0.5, 0.6) is 0 Å². The van der Waals surface area contributed by atoms with E-state index < -0.39 is 0 Å². The second kappa shape index (κ2) is 17.1. The van der Waals surface area contributed by atoms with Gasteiger partial charge in [-0.2, -0.15) is 0 Å². The molecule has 0 bridgehead atoms. The highest BCUT2D eigenvalue weighted by Gasteiger charge is 2.16.